The van der Waals surface area contributed by atoms with Gasteiger partial charge in [-0.2, -0.15) is 0 Å². The summed E-state index contributed by atoms with van der Waals surface area (Å²) in [6.07, 6.45) is 6.84. The molecule has 7 nitrogen and oxygen atoms in total. The zero-order valence-electron chi connectivity index (χ0n) is 17.9. The molecule has 1 fully saturated rings. The maximum atomic E-state index is 12.3. The number of nitrogens with one attached hydrogen (secondary N) is 3. The van der Waals surface area contributed by atoms with Gasteiger partial charge >= 0.3 is 6.03 Å². The predicted molar refractivity (Wildman–Crippen MR) is 123 cm³/mol. The van der Waals surface area contributed by atoms with Crippen LogP contribution in [0.5, 0.6) is 0 Å². The Kier molecular flexibility index (Phi) is 7.53. The highest BCUT2D eigenvalue weighted by Crippen LogP contribution is 2.29. The molecule has 1 aromatic carbocycles. The lowest BCUT2D eigenvalue weighted by Crippen LogP contribution is -2.43. The molecular weight excluding hydrogens is 410 g/mol. The van der Waals surface area contributed by atoms with E-state index in [4.69, 9.17) is 0 Å². The van der Waals surface area contributed by atoms with E-state index < -0.39 is 0 Å². The van der Waals surface area contributed by atoms with Gasteiger partial charge in [-0.15, -0.1) is 11.3 Å². The molecule has 0 unspecified atom stereocenters. The second kappa shape index (κ2) is 10.7. The molecule has 0 saturated heterocycles. The summed E-state index contributed by atoms with van der Waals surface area (Å²) >= 11 is 1.56. The van der Waals surface area contributed by atoms with Crippen molar-refractivity contribution in [2.24, 2.45) is 0 Å². The Hall–Kier alpha value is -2.45. The van der Waals surface area contributed by atoms with E-state index in [1.807, 2.05) is 6.07 Å². The van der Waals surface area contributed by atoms with Gasteiger partial charge in [0.25, 0.3) is 0 Å². The van der Waals surface area contributed by atoms with Crippen molar-refractivity contribution in [1.29, 1.82) is 0 Å². The van der Waals surface area contributed by atoms with Crippen LogP contribution in [0.3, 0.4) is 0 Å². The SMILES string of the molecule is O=C(CCNC(=O)NC1CCCCC1)Nc1nc2c(s1)CN(Cc1ccccc1)CC2. The van der Waals surface area contributed by atoms with Crippen LogP contribution < -0.4 is 16.0 Å². The number of hydrogen-bond donors (Lipinski definition) is 3. The molecule has 4 rings (SSSR count). The number of hydrogen-bond acceptors (Lipinski definition) is 5. The van der Waals surface area contributed by atoms with Gasteiger partial charge in [-0.3, -0.25) is 9.69 Å². The number of nitrogens with zero attached hydrogens (tertiary/aromatic N) is 2. The second-order valence-corrected chi connectivity index (χ2v) is 9.45. The van der Waals surface area contributed by atoms with E-state index >= 15 is 0 Å². The minimum absolute atomic E-state index is 0.120. The maximum absolute atomic E-state index is 12.3. The Morgan fingerprint density at radius 2 is 1.94 bits per heavy atom. The summed E-state index contributed by atoms with van der Waals surface area (Å²) in [5, 5.41) is 9.34. The Morgan fingerprint density at radius 1 is 1.13 bits per heavy atom. The van der Waals surface area contributed by atoms with Crippen LogP contribution in [0.2, 0.25) is 0 Å². The molecule has 2 aliphatic rings. The molecule has 31 heavy (non-hydrogen) atoms. The van der Waals surface area contributed by atoms with Crippen molar-refractivity contribution in [1.82, 2.24) is 20.5 Å². The average Bonchev–Trinajstić information content (AvgIpc) is 3.16. The molecule has 0 atom stereocenters. The molecule has 0 spiro atoms. The van der Waals surface area contributed by atoms with Crippen LogP contribution in [0.1, 0.15) is 54.7 Å². The topological polar surface area (TPSA) is 86.4 Å². The van der Waals surface area contributed by atoms with Gasteiger partial charge in [0, 0.05) is 49.9 Å². The van der Waals surface area contributed by atoms with Crippen molar-refractivity contribution in [3.8, 4) is 0 Å². The Balaban J connectivity index is 1.19. The molecule has 2 aromatic rings. The fourth-order valence-corrected chi connectivity index (χ4v) is 5.30. The van der Waals surface area contributed by atoms with E-state index in [0.717, 1.165) is 44.6 Å². The minimum atomic E-state index is -0.178. The molecule has 1 aliphatic heterocycles. The van der Waals surface area contributed by atoms with Crippen molar-refractivity contribution in [3.05, 3.63) is 46.5 Å². The van der Waals surface area contributed by atoms with Crippen molar-refractivity contribution >= 4 is 28.4 Å². The van der Waals surface area contributed by atoms with E-state index in [1.165, 1.54) is 29.7 Å². The number of thiazole rings is 1. The molecule has 0 bridgehead atoms. The number of urea groups is 1. The monoisotopic (exact) mass is 441 g/mol. The number of fused-ring (bicyclic) bond motifs is 1. The molecule has 3 N–H and O–H groups in total. The van der Waals surface area contributed by atoms with Gasteiger partial charge in [-0.25, -0.2) is 9.78 Å². The van der Waals surface area contributed by atoms with E-state index in [1.54, 1.807) is 11.3 Å². The third kappa shape index (κ3) is 6.51. The van der Waals surface area contributed by atoms with Crippen LogP contribution >= 0.6 is 11.3 Å². The van der Waals surface area contributed by atoms with Crippen molar-refractivity contribution in [3.63, 3.8) is 0 Å². The first-order valence-corrected chi connectivity index (χ1v) is 12.1. The standard InChI is InChI=1S/C23H31N5O2S/c29-21(11-13-24-22(30)25-18-9-5-2-6-10-18)27-23-26-19-12-14-28(16-20(19)31-23)15-17-7-3-1-4-8-17/h1,3-4,7-8,18H,2,5-6,9-16H2,(H2,24,25,30)(H,26,27,29). The number of anilines is 1. The summed E-state index contributed by atoms with van der Waals surface area (Å²) in [6, 6.07) is 10.6. The number of aromatic nitrogens is 1. The van der Waals surface area contributed by atoms with Gasteiger partial charge in [0.2, 0.25) is 5.91 Å². The fourth-order valence-electron chi connectivity index (χ4n) is 4.23. The maximum Gasteiger partial charge on any atom is 0.315 e. The summed E-state index contributed by atoms with van der Waals surface area (Å²) in [6.45, 7) is 3.08. The third-order valence-electron chi connectivity index (χ3n) is 5.88. The van der Waals surface area contributed by atoms with E-state index in [9.17, 15) is 9.59 Å². The predicted octanol–water partition coefficient (Wildman–Crippen LogP) is 3.66. The number of rotatable bonds is 7. The lowest BCUT2D eigenvalue weighted by atomic mass is 9.96. The number of carbonyl (C=O) groups excluding carboxylic acids is 2. The molecule has 1 aromatic heterocycles. The van der Waals surface area contributed by atoms with Gasteiger partial charge < -0.3 is 16.0 Å². The Morgan fingerprint density at radius 3 is 2.74 bits per heavy atom. The first-order valence-electron chi connectivity index (χ1n) is 11.2. The normalized spacial score (nSPS) is 17.0. The molecule has 3 amide bonds. The molecule has 1 aliphatic carbocycles. The van der Waals surface area contributed by atoms with Crippen LogP contribution in [-0.2, 0) is 24.3 Å². The Labute approximate surface area is 187 Å². The van der Waals surface area contributed by atoms with Crippen LogP contribution in [0.15, 0.2) is 30.3 Å². The van der Waals surface area contributed by atoms with Crippen LogP contribution in [0.25, 0.3) is 0 Å². The first-order chi connectivity index (χ1) is 15.2. The van der Waals surface area contributed by atoms with Gasteiger partial charge in [0.1, 0.15) is 0 Å². The van der Waals surface area contributed by atoms with Gasteiger partial charge in [-0.1, -0.05) is 49.6 Å². The fraction of sp³-hybridized carbons (Fsp3) is 0.522. The smallest absolute Gasteiger partial charge is 0.315 e. The molecule has 1 saturated carbocycles. The van der Waals surface area contributed by atoms with Gasteiger partial charge in [0.15, 0.2) is 5.13 Å². The highest BCUT2D eigenvalue weighted by molar-refractivity contribution is 7.15. The van der Waals surface area contributed by atoms with E-state index in [0.29, 0.717) is 11.7 Å². The average molecular weight is 442 g/mol. The van der Waals surface area contributed by atoms with Crippen LogP contribution in [0, 0.1) is 0 Å². The van der Waals surface area contributed by atoms with Crippen molar-refractivity contribution in [2.75, 3.05) is 18.4 Å². The highest BCUT2D eigenvalue weighted by Gasteiger charge is 2.21. The Bertz CT molecular complexity index is 879. The van der Waals surface area contributed by atoms with E-state index in [2.05, 4.69) is 50.1 Å². The molecular formula is C23H31N5O2S. The van der Waals surface area contributed by atoms with Gasteiger partial charge in [-0.05, 0) is 18.4 Å². The number of amides is 3. The lowest BCUT2D eigenvalue weighted by molar-refractivity contribution is -0.116. The third-order valence-corrected chi connectivity index (χ3v) is 6.88. The van der Waals surface area contributed by atoms with Crippen LogP contribution in [0.4, 0.5) is 9.93 Å². The number of carbonyl (C=O) groups is 2. The quantitative estimate of drug-likeness (QED) is 0.612. The number of benzene rings is 1. The van der Waals surface area contributed by atoms with E-state index in [-0.39, 0.29) is 24.4 Å². The summed E-state index contributed by atoms with van der Waals surface area (Å²) in [5.74, 6) is -0.120. The summed E-state index contributed by atoms with van der Waals surface area (Å²) in [4.78, 5) is 32.5. The lowest BCUT2D eigenvalue weighted by Gasteiger charge is -2.25. The van der Waals surface area contributed by atoms with Crippen molar-refractivity contribution in [2.45, 2.75) is 64.1 Å². The summed E-state index contributed by atoms with van der Waals surface area (Å²) in [5.41, 5.74) is 2.40. The molecule has 166 valence electrons. The second-order valence-electron chi connectivity index (χ2n) is 8.37. The highest BCUT2D eigenvalue weighted by atomic mass is 32.1. The first kappa shape index (κ1) is 21.8. The van der Waals surface area contributed by atoms with Crippen LogP contribution in [-0.4, -0.2) is 41.0 Å². The minimum Gasteiger partial charge on any atom is -0.338 e. The summed E-state index contributed by atoms with van der Waals surface area (Å²) in [7, 11) is 0. The largest absolute Gasteiger partial charge is 0.338 e. The zero-order chi connectivity index (χ0) is 21.5. The molecule has 0 radical (unpaired) electrons. The van der Waals surface area contributed by atoms with Crippen molar-refractivity contribution < 1.29 is 9.59 Å². The van der Waals surface area contributed by atoms with Gasteiger partial charge in [0.05, 0.1) is 5.69 Å². The molecule has 2 heterocycles. The molecule has 8 heteroatoms. The summed E-state index contributed by atoms with van der Waals surface area (Å²) < 4.78 is 0. The zero-order valence-corrected chi connectivity index (χ0v) is 18.7.